The highest BCUT2D eigenvalue weighted by atomic mass is 16.2. The van der Waals surface area contributed by atoms with Crippen LogP contribution in [0.25, 0.3) is 0 Å². The summed E-state index contributed by atoms with van der Waals surface area (Å²) in [6.45, 7) is 4.41. The van der Waals surface area contributed by atoms with Crippen LogP contribution in [0, 0.1) is 0 Å². The van der Waals surface area contributed by atoms with E-state index in [0.717, 1.165) is 12.0 Å². The lowest BCUT2D eigenvalue weighted by atomic mass is 10.1. The van der Waals surface area contributed by atoms with E-state index in [1.54, 1.807) is 19.2 Å². The van der Waals surface area contributed by atoms with Gasteiger partial charge in [-0.3, -0.25) is 9.59 Å². The summed E-state index contributed by atoms with van der Waals surface area (Å²) < 4.78 is 0. The molecule has 110 valence electrons. The molecule has 0 unspecified atom stereocenters. The molecule has 1 rings (SSSR count). The summed E-state index contributed by atoms with van der Waals surface area (Å²) in [7, 11) is 1.62. The van der Waals surface area contributed by atoms with Crippen LogP contribution in [-0.4, -0.2) is 42.9 Å². The van der Waals surface area contributed by atoms with Crippen LogP contribution < -0.4 is 11.1 Å². The molecule has 0 saturated carbocycles. The molecule has 0 aliphatic rings. The van der Waals surface area contributed by atoms with Gasteiger partial charge in [0.15, 0.2) is 0 Å². The summed E-state index contributed by atoms with van der Waals surface area (Å²) in [5.74, 6) is -0.321. The van der Waals surface area contributed by atoms with Crippen LogP contribution in [0.4, 0.5) is 0 Å². The Morgan fingerprint density at radius 3 is 2.35 bits per heavy atom. The van der Waals surface area contributed by atoms with E-state index in [2.05, 4.69) is 5.32 Å². The van der Waals surface area contributed by atoms with Crippen LogP contribution in [0.5, 0.6) is 0 Å². The van der Waals surface area contributed by atoms with E-state index in [4.69, 9.17) is 5.73 Å². The normalized spacial score (nSPS) is 10.4. The fraction of sp³-hybridized carbons (Fsp3) is 0.467. The molecular weight excluding hydrogens is 254 g/mol. The van der Waals surface area contributed by atoms with Gasteiger partial charge in [0, 0.05) is 18.7 Å². The predicted octanol–water partition coefficient (Wildman–Crippen LogP) is 0.784. The second kappa shape index (κ2) is 7.65. The maximum atomic E-state index is 12.2. The van der Waals surface area contributed by atoms with Gasteiger partial charge >= 0.3 is 0 Å². The highest BCUT2D eigenvalue weighted by molar-refractivity contribution is 5.96. The Morgan fingerprint density at radius 1 is 1.25 bits per heavy atom. The maximum absolute atomic E-state index is 12.2. The van der Waals surface area contributed by atoms with Crippen LogP contribution in [0.1, 0.15) is 29.8 Å². The van der Waals surface area contributed by atoms with Crippen LogP contribution >= 0.6 is 0 Å². The van der Waals surface area contributed by atoms with Gasteiger partial charge in [-0.2, -0.15) is 0 Å². The summed E-state index contributed by atoms with van der Waals surface area (Å²) in [5, 5.41) is 2.76. The van der Waals surface area contributed by atoms with Crippen molar-refractivity contribution in [3.05, 3.63) is 35.4 Å². The lowest BCUT2D eigenvalue weighted by Crippen LogP contribution is -2.40. The van der Waals surface area contributed by atoms with Gasteiger partial charge in [0.05, 0.1) is 6.54 Å². The standard InChI is InChI=1S/C15H23N3O2/c1-11(2)17-14(19)10-18(3)15(20)13-6-4-12(5-7-13)8-9-16/h4-7,11H,8-10,16H2,1-3H3,(H,17,19). The Labute approximate surface area is 120 Å². The number of nitrogens with zero attached hydrogens (tertiary/aromatic N) is 1. The molecule has 3 N–H and O–H groups in total. The third kappa shape index (κ3) is 5.01. The smallest absolute Gasteiger partial charge is 0.254 e. The number of hydrogen-bond acceptors (Lipinski definition) is 3. The number of rotatable bonds is 6. The summed E-state index contributed by atoms with van der Waals surface area (Å²) >= 11 is 0. The van der Waals surface area contributed by atoms with Crippen LogP contribution in [0.15, 0.2) is 24.3 Å². The summed E-state index contributed by atoms with van der Waals surface area (Å²) in [6, 6.07) is 7.39. The van der Waals surface area contributed by atoms with Crippen LogP contribution in [-0.2, 0) is 11.2 Å². The zero-order valence-corrected chi connectivity index (χ0v) is 12.3. The molecule has 0 fully saturated rings. The molecule has 0 aliphatic heterocycles. The van der Waals surface area contributed by atoms with Crippen molar-refractivity contribution < 1.29 is 9.59 Å². The van der Waals surface area contributed by atoms with Gasteiger partial charge in [-0.25, -0.2) is 0 Å². The molecule has 2 amide bonds. The van der Waals surface area contributed by atoms with Gasteiger partial charge < -0.3 is 16.0 Å². The summed E-state index contributed by atoms with van der Waals surface area (Å²) in [5.41, 5.74) is 7.16. The molecule has 0 aromatic heterocycles. The van der Waals surface area contributed by atoms with E-state index < -0.39 is 0 Å². The molecule has 0 saturated heterocycles. The zero-order chi connectivity index (χ0) is 15.1. The number of nitrogens with two attached hydrogens (primary N) is 1. The summed E-state index contributed by atoms with van der Waals surface area (Å²) in [4.78, 5) is 25.2. The zero-order valence-electron chi connectivity index (χ0n) is 12.3. The van der Waals surface area contributed by atoms with Crippen LogP contribution in [0.3, 0.4) is 0 Å². The minimum atomic E-state index is -0.164. The van der Waals surface area contributed by atoms with Crippen molar-refractivity contribution in [2.24, 2.45) is 5.73 Å². The number of amides is 2. The number of nitrogens with one attached hydrogen (secondary N) is 1. The average Bonchev–Trinajstić information content (AvgIpc) is 2.38. The molecule has 20 heavy (non-hydrogen) atoms. The van der Waals surface area contributed by atoms with E-state index in [0.29, 0.717) is 12.1 Å². The molecular formula is C15H23N3O2. The van der Waals surface area contributed by atoms with Gasteiger partial charge in [-0.15, -0.1) is 0 Å². The topological polar surface area (TPSA) is 75.4 Å². The van der Waals surface area contributed by atoms with Crippen molar-refractivity contribution >= 4 is 11.8 Å². The molecule has 1 aromatic carbocycles. The van der Waals surface area contributed by atoms with Gasteiger partial charge in [-0.05, 0) is 44.5 Å². The van der Waals surface area contributed by atoms with Crippen LogP contribution in [0.2, 0.25) is 0 Å². The van der Waals surface area contributed by atoms with E-state index in [-0.39, 0.29) is 24.4 Å². The third-order valence-electron chi connectivity index (χ3n) is 2.81. The number of benzene rings is 1. The van der Waals surface area contributed by atoms with E-state index >= 15 is 0 Å². The van der Waals surface area contributed by atoms with Gasteiger partial charge in [-0.1, -0.05) is 12.1 Å². The highest BCUT2D eigenvalue weighted by Crippen LogP contribution is 2.07. The lowest BCUT2D eigenvalue weighted by Gasteiger charge is -2.18. The Bertz CT molecular complexity index is 455. The maximum Gasteiger partial charge on any atom is 0.254 e. The molecule has 5 nitrogen and oxygen atoms in total. The first-order valence-electron chi connectivity index (χ1n) is 6.78. The van der Waals surface area contributed by atoms with Gasteiger partial charge in [0.25, 0.3) is 5.91 Å². The Morgan fingerprint density at radius 2 is 1.85 bits per heavy atom. The van der Waals surface area contributed by atoms with Crippen molar-refractivity contribution in [1.29, 1.82) is 0 Å². The molecule has 1 aromatic rings. The second-order valence-electron chi connectivity index (χ2n) is 5.12. The Balaban J connectivity index is 2.62. The second-order valence-corrected chi connectivity index (χ2v) is 5.12. The quantitative estimate of drug-likeness (QED) is 0.807. The van der Waals surface area contributed by atoms with E-state index in [1.807, 2.05) is 26.0 Å². The summed E-state index contributed by atoms with van der Waals surface area (Å²) in [6.07, 6.45) is 0.793. The van der Waals surface area contributed by atoms with Crippen molar-refractivity contribution in [3.8, 4) is 0 Å². The van der Waals surface area contributed by atoms with Gasteiger partial charge in [0.2, 0.25) is 5.91 Å². The number of carbonyl (C=O) groups excluding carboxylic acids is 2. The fourth-order valence-electron chi connectivity index (χ4n) is 1.86. The molecule has 0 atom stereocenters. The first kappa shape index (κ1) is 16.2. The highest BCUT2D eigenvalue weighted by Gasteiger charge is 2.15. The molecule has 0 aliphatic carbocycles. The van der Waals surface area contributed by atoms with E-state index in [1.165, 1.54) is 4.90 Å². The fourth-order valence-corrected chi connectivity index (χ4v) is 1.86. The molecule has 0 bridgehead atoms. The minimum absolute atomic E-state index is 0.0571. The van der Waals surface area contributed by atoms with E-state index in [9.17, 15) is 9.59 Å². The third-order valence-corrected chi connectivity index (χ3v) is 2.81. The molecule has 0 spiro atoms. The molecule has 5 heteroatoms. The largest absolute Gasteiger partial charge is 0.352 e. The lowest BCUT2D eigenvalue weighted by molar-refractivity contribution is -0.122. The molecule has 0 radical (unpaired) electrons. The van der Waals surface area contributed by atoms with Crippen molar-refractivity contribution in [3.63, 3.8) is 0 Å². The minimum Gasteiger partial charge on any atom is -0.352 e. The molecule has 0 heterocycles. The van der Waals surface area contributed by atoms with Crippen molar-refractivity contribution in [2.45, 2.75) is 26.3 Å². The first-order valence-corrected chi connectivity index (χ1v) is 6.78. The predicted molar refractivity (Wildman–Crippen MR) is 79.4 cm³/mol. The average molecular weight is 277 g/mol. The number of carbonyl (C=O) groups is 2. The SMILES string of the molecule is CC(C)NC(=O)CN(C)C(=O)c1ccc(CCN)cc1. The Kier molecular flexibility index (Phi) is 6.18. The number of likely N-dealkylation sites (N-methyl/N-ethyl adjacent to an activating group) is 1. The van der Waals surface area contributed by atoms with Gasteiger partial charge in [0.1, 0.15) is 0 Å². The van der Waals surface area contributed by atoms with Crippen molar-refractivity contribution in [1.82, 2.24) is 10.2 Å². The Hall–Kier alpha value is -1.88. The number of hydrogen-bond donors (Lipinski definition) is 2. The first-order chi connectivity index (χ1) is 9.43. The monoisotopic (exact) mass is 277 g/mol. The van der Waals surface area contributed by atoms with Crippen molar-refractivity contribution in [2.75, 3.05) is 20.1 Å².